The third-order valence-electron chi connectivity index (χ3n) is 5.21. The zero-order chi connectivity index (χ0) is 20.3. The van der Waals surface area contributed by atoms with E-state index in [1.807, 2.05) is 0 Å². The molecule has 3 aromatic rings. The van der Waals surface area contributed by atoms with Crippen molar-refractivity contribution in [2.24, 2.45) is 0 Å². The smallest absolute Gasteiger partial charge is 0.0751 e. The molecule has 3 rings (SSSR count). The molecular formula is C26H32NOP. The van der Waals surface area contributed by atoms with Gasteiger partial charge in [0.2, 0.25) is 0 Å². The molecule has 0 aromatic heterocycles. The van der Waals surface area contributed by atoms with Crippen molar-refractivity contribution in [3.63, 3.8) is 0 Å². The number of benzene rings is 3. The second kappa shape index (κ2) is 11.9. The van der Waals surface area contributed by atoms with Gasteiger partial charge in [0.05, 0.1) is 12.7 Å². The Morgan fingerprint density at radius 1 is 0.724 bits per heavy atom. The Balaban J connectivity index is 1.81. The van der Waals surface area contributed by atoms with Crippen LogP contribution in [0.5, 0.6) is 0 Å². The molecule has 1 atom stereocenters. The molecule has 0 bridgehead atoms. The highest BCUT2D eigenvalue weighted by atomic mass is 31.1. The van der Waals surface area contributed by atoms with Crippen LogP contribution in [0, 0.1) is 0 Å². The first kappa shape index (κ1) is 21.7. The van der Waals surface area contributed by atoms with Crippen molar-refractivity contribution in [1.82, 2.24) is 4.90 Å². The number of rotatable bonds is 11. The largest absolute Gasteiger partial charge is 0.372 e. The topological polar surface area (TPSA) is 12.5 Å². The minimum absolute atomic E-state index is 0.196. The molecule has 0 radical (unpaired) electrons. The van der Waals surface area contributed by atoms with Crippen molar-refractivity contribution in [1.29, 1.82) is 0 Å². The molecule has 0 N–H and O–H groups in total. The highest BCUT2D eigenvalue weighted by molar-refractivity contribution is 7.73. The molecule has 0 aliphatic carbocycles. The fraction of sp³-hybridized carbons (Fsp3) is 0.308. The van der Waals surface area contributed by atoms with Crippen molar-refractivity contribution < 1.29 is 4.74 Å². The van der Waals surface area contributed by atoms with Gasteiger partial charge < -0.3 is 9.64 Å². The van der Waals surface area contributed by atoms with E-state index in [1.54, 1.807) is 0 Å². The maximum absolute atomic E-state index is 6.51. The normalized spacial score (nSPS) is 12.4. The zero-order valence-electron chi connectivity index (χ0n) is 17.6. The van der Waals surface area contributed by atoms with E-state index in [9.17, 15) is 0 Å². The highest BCUT2D eigenvalue weighted by Crippen LogP contribution is 2.35. The third-order valence-corrected chi connectivity index (χ3v) is 7.82. The van der Waals surface area contributed by atoms with Crippen molar-refractivity contribution in [3.05, 3.63) is 96.6 Å². The molecule has 0 spiro atoms. The highest BCUT2D eigenvalue weighted by Gasteiger charge is 2.22. The van der Waals surface area contributed by atoms with Gasteiger partial charge >= 0.3 is 0 Å². The summed E-state index contributed by atoms with van der Waals surface area (Å²) in [5.74, 6) is 0. The summed E-state index contributed by atoms with van der Waals surface area (Å²) in [5, 5.41) is 2.84. The van der Waals surface area contributed by atoms with E-state index in [0.717, 1.165) is 25.8 Å². The SMILES string of the molecule is CCN(CC)CC(CP(c1ccccc1)c1ccccc1)OCc1ccccc1. The molecule has 0 aliphatic heterocycles. The Kier molecular flexibility index (Phi) is 8.89. The van der Waals surface area contributed by atoms with Crippen LogP contribution in [0.25, 0.3) is 0 Å². The first-order valence-corrected chi connectivity index (χ1v) is 12.1. The molecule has 0 saturated heterocycles. The van der Waals surface area contributed by atoms with Gasteiger partial charge in [-0.05, 0) is 37.2 Å². The summed E-state index contributed by atoms with van der Waals surface area (Å²) < 4.78 is 6.51. The maximum atomic E-state index is 6.51. The monoisotopic (exact) mass is 405 g/mol. The lowest BCUT2D eigenvalue weighted by atomic mass is 10.2. The second-order valence-electron chi connectivity index (χ2n) is 7.19. The first-order chi connectivity index (χ1) is 14.3. The molecular weight excluding hydrogens is 373 g/mol. The number of nitrogens with zero attached hydrogens (tertiary/aromatic N) is 1. The lowest BCUT2D eigenvalue weighted by molar-refractivity contribution is 0.0314. The molecule has 0 aliphatic rings. The van der Waals surface area contributed by atoms with E-state index < -0.39 is 7.92 Å². The lowest BCUT2D eigenvalue weighted by Gasteiger charge is -2.29. The fourth-order valence-corrected chi connectivity index (χ4v) is 5.91. The third kappa shape index (κ3) is 6.78. The van der Waals surface area contributed by atoms with E-state index in [1.165, 1.54) is 16.2 Å². The van der Waals surface area contributed by atoms with Gasteiger partial charge in [-0.25, -0.2) is 0 Å². The van der Waals surface area contributed by atoms with E-state index >= 15 is 0 Å². The zero-order valence-corrected chi connectivity index (χ0v) is 18.5. The fourth-order valence-electron chi connectivity index (χ4n) is 3.50. The Morgan fingerprint density at radius 2 is 1.21 bits per heavy atom. The van der Waals surface area contributed by atoms with Crippen LogP contribution in [0.2, 0.25) is 0 Å². The predicted octanol–water partition coefficient (Wildman–Crippen LogP) is 5.05. The van der Waals surface area contributed by atoms with Gasteiger partial charge in [-0.1, -0.05) is 105 Å². The maximum Gasteiger partial charge on any atom is 0.0751 e. The number of likely N-dealkylation sites (N-methyl/N-ethyl adjacent to an activating group) is 1. The molecule has 1 unspecified atom stereocenters. The number of ether oxygens (including phenoxy) is 1. The Labute approximate surface area is 177 Å². The summed E-state index contributed by atoms with van der Waals surface area (Å²) in [6.07, 6.45) is 1.23. The minimum Gasteiger partial charge on any atom is -0.372 e. The summed E-state index contributed by atoms with van der Waals surface area (Å²) in [5.41, 5.74) is 1.24. The van der Waals surface area contributed by atoms with Crippen LogP contribution < -0.4 is 10.6 Å². The van der Waals surface area contributed by atoms with Crippen molar-refractivity contribution in [3.8, 4) is 0 Å². The minimum atomic E-state index is -0.463. The first-order valence-electron chi connectivity index (χ1n) is 10.6. The van der Waals surface area contributed by atoms with Gasteiger partial charge in [-0.2, -0.15) is 0 Å². The van der Waals surface area contributed by atoms with Gasteiger partial charge in [0.25, 0.3) is 0 Å². The quantitative estimate of drug-likeness (QED) is 0.414. The molecule has 3 heteroatoms. The van der Waals surface area contributed by atoms with Crippen LogP contribution in [0.1, 0.15) is 19.4 Å². The molecule has 0 amide bonds. The van der Waals surface area contributed by atoms with Crippen LogP contribution in [0.3, 0.4) is 0 Å². The molecule has 29 heavy (non-hydrogen) atoms. The average molecular weight is 406 g/mol. The lowest BCUT2D eigenvalue weighted by Crippen LogP contribution is -2.37. The van der Waals surface area contributed by atoms with Crippen LogP contribution >= 0.6 is 7.92 Å². The van der Waals surface area contributed by atoms with E-state index in [2.05, 4.69) is 110 Å². The summed E-state index contributed by atoms with van der Waals surface area (Å²) in [7, 11) is -0.463. The van der Waals surface area contributed by atoms with E-state index in [0.29, 0.717) is 6.61 Å². The van der Waals surface area contributed by atoms with Gasteiger partial charge in [-0.15, -0.1) is 0 Å². The van der Waals surface area contributed by atoms with Crippen molar-refractivity contribution in [2.45, 2.75) is 26.6 Å². The van der Waals surface area contributed by atoms with Gasteiger partial charge in [0.1, 0.15) is 0 Å². The van der Waals surface area contributed by atoms with Gasteiger partial charge in [0.15, 0.2) is 0 Å². The second-order valence-corrected chi connectivity index (χ2v) is 9.44. The van der Waals surface area contributed by atoms with Crippen LogP contribution in [-0.4, -0.2) is 36.8 Å². The van der Waals surface area contributed by atoms with Gasteiger partial charge in [-0.3, -0.25) is 0 Å². The Morgan fingerprint density at radius 3 is 1.69 bits per heavy atom. The average Bonchev–Trinajstić information content (AvgIpc) is 2.80. The van der Waals surface area contributed by atoms with E-state index in [-0.39, 0.29) is 6.10 Å². The van der Waals surface area contributed by atoms with Gasteiger partial charge in [0, 0.05) is 12.7 Å². The Hall–Kier alpha value is -1.99. The molecule has 3 aromatic carbocycles. The standard InChI is InChI=1S/C26H32NOP/c1-3-27(4-2)20-24(28-21-23-14-8-5-9-15-23)22-29(25-16-10-6-11-17-25)26-18-12-7-13-19-26/h5-19,24H,3-4,20-22H2,1-2H3. The van der Waals surface area contributed by atoms with Crippen molar-refractivity contribution in [2.75, 3.05) is 25.8 Å². The van der Waals surface area contributed by atoms with Crippen LogP contribution in [0.15, 0.2) is 91.0 Å². The molecule has 0 saturated carbocycles. The van der Waals surface area contributed by atoms with E-state index in [4.69, 9.17) is 4.74 Å². The van der Waals surface area contributed by atoms with Crippen LogP contribution in [0.4, 0.5) is 0 Å². The van der Waals surface area contributed by atoms with Crippen molar-refractivity contribution >= 4 is 18.5 Å². The summed E-state index contributed by atoms with van der Waals surface area (Å²) >= 11 is 0. The predicted molar refractivity (Wildman–Crippen MR) is 127 cm³/mol. The number of hydrogen-bond acceptors (Lipinski definition) is 2. The van der Waals surface area contributed by atoms with Crippen LogP contribution in [-0.2, 0) is 11.3 Å². The molecule has 2 nitrogen and oxygen atoms in total. The number of hydrogen-bond donors (Lipinski definition) is 0. The molecule has 0 heterocycles. The molecule has 0 fully saturated rings. The summed E-state index contributed by atoms with van der Waals surface area (Å²) in [6, 6.07) is 32.4. The molecule has 152 valence electrons. The summed E-state index contributed by atoms with van der Waals surface area (Å²) in [6.45, 7) is 8.20. The Bertz CT molecular complexity index is 766. The summed E-state index contributed by atoms with van der Waals surface area (Å²) in [4.78, 5) is 2.47.